The monoisotopic (exact) mass is 347 g/mol. The van der Waals surface area contributed by atoms with Crippen molar-refractivity contribution in [3.63, 3.8) is 0 Å². The SMILES string of the molecule is Cc1cccc(NC(=O)C2CSc3ccccc32)c1Br. The van der Waals surface area contributed by atoms with Crippen molar-refractivity contribution in [3.8, 4) is 0 Å². The van der Waals surface area contributed by atoms with Crippen LogP contribution in [0, 0.1) is 6.92 Å². The van der Waals surface area contributed by atoms with Crippen molar-refractivity contribution >= 4 is 39.3 Å². The van der Waals surface area contributed by atoms with Crippen LogP contribution in [0.2, 0.25) is 0 Å². The zero-order valence-electron chi connectivity index (χ0n) is 11.0. The summed E-state index contributed by atoms with van der Waals surface area (Å²) in [4.78, 5) is 13.7. The first-order valence-electron chi connectivity index (χ1n) is 6.44. The minimum absolute atomic E-state index is 0.0637. The van der Waals surface area contributed by atoms with Gasteiger partial charge in [0, 0.05) is 15.1 Å². The van der Waals surface area contributed by atoms with Crippen LogP contribution in [0.4, 0.5) is 5.69 Å². The van der Waals surface area contributed by atoms with Crippen molar-refractivity contribution < 1.29 is 4.79 Å². The number of benzene rings is 2. The predicted molar refractivity (Wildman–Crippen MR) is 87.4 cm³/mol. The Balaban J connectivity index is 1.83. The Labute approximate surface area is 131 Å². The quantitative estimate of drug-likeness (QED) is 0.860. The van der Waals surface area contributed by atoms with E-state index in [1.165, 1.54) is 4.90 Å². The number of amides is 1. The van der Waals surface area contributed by atoms with E-state index in [-0.39, 0.29) is 11.8 Å². The minimum Gasteiger partial charge on any atom is -0.324 e. The Hall–Kier alpha value is -1.26. The molecule has 3 rings (SSSR count). The van der Waals surface area contributed by atoms with Crippen LogP contribution in [-0.2, 0) is 4.79 Å². The third-order valence-electron chi connectivity index (χ3n) is 3.47. The topological polar surface area (TPSA) is 29.1 Å². The van der Waals surface area contributed by atoms with Gasteiger partial charge in [-0.15, -0.1) is 11.8 Å². The Kier molecular flexibility index (Phi) is 3.85. The standard InChI is InChI=1S/C16H14BrNOS/c1-10-5-4-7-13(15(10)17)18-16(19)12-9-20-14-8-3-2-6-11(12)14/h2-8,12H,9H2,1H3,(H,18,19). The Bertz CT molecular complexity index is 671. The van der Waals surface area contributed by atoms with E-state index >= 15 is 0 Å². The molecule has 1 unspecified atom stereocenters. The molecule has 1 amide bonds. The van der Waals surface area contributed by atoms with Crippen molar-refractivity contribution in [1.29, 1.82) is 0 Å². The molecular formula is C16H14BrNOS. The lowest BCUT2D eigenvalue weighted by Gasteiger charge is -2.13. The molecule has 2 aromatic carbocycles. The number of nitrogens with one attached hydrogen (secondary N) is 1. The second-order valence-corrected chi connectivity index (χ2v) is 6.68. The highest BCUT2D eigenvalue weighted by Crippen LogP contribution is 2.40. The second-order valence-electron chi connectivity index (χ2n) is 4.83. The summed E-state index contributed by atoms with van der Waals surface area (Å²) < 4.78 is 0.951. The number of fused-ring (bicyclic) bond motifs is 1. The maximum Gasteiger partial charge on any atom is 0.232 e. The van der Waals surface area contributed by atoms with Gasteiger partial charge in [-0.1, -0.05) is 30.3 Å². The summed E-state index contributed by atoms with van der Waals surface area (Å²) in [6.07, 6.45) is 0. The summed E-state index contributed by atoms with van der Waals surface area (Å²) in [5.41, 5.74) is 3.09. The van der Waals surface area contributed by atoms with Gasteiger partial charge in [-0.25, -0.2) is 0 Å². The van der Waals surface area contributed by atoms with Gasteiger partial charge in [-0.2, -0.15) is 0 Å². The molecule has 1 aliphatic rings. The van der Waals surface area contributed by atoms with Crippen LogP contribution in [-0.4, -0.2) is 11.7 Å². The van der Waals surface area contributed by atoms with Crippen LogP contribution in [0.1, 0.15) is 17.0 Å². The van der Waals surface area contributed by atoms with Crippen LogP contribution < -0.4 is 5.32 Å². The highest BCUT2D eigenvalue weighted by molar-refractivity contribution is 9.10. The molecule has 0 saturated heterocycles. The third-order valence-corrected chi connectivity index (χ3v) is 5.70. The lowest BCUT2D eigenvalue weighted by Crippen LogP contribution is -2.21. The molecule has 2 aromatic rings. The number of carbonyl (C=O) groups is 1. The fourth-order valence-electron chi connectivity index (χ4n) is 2.34. The van der Waals surface area contributed by atoms with Gasteiger partial charge in [0.25, 0.3) is 0 Å². The van der Waals surface area contributed by atoms with Crippen LogP contribution >= 0.6 is 27.7 Å². The van der Waals surface area contributed by atoms with Gasteiger partial charge in [-0.3, -0.25) is 4.79 Å². The van der Waals surface area contributed by atoms with Crippen molar-refractivity contribution in [2.45, 2.75) is 17.7 Å². The number of rotatable bonds is 2. The van der Waals surface area contributed by atoms with Crippen LogP contribution in [0.15, 0.2) is 51.8 Å². The molecule has 0 radical (unpaired) electrons. The maximum atomic E-state index is 12.5. The van der Waals surface area contributed by atoms with Crippen molar-refractivity contribution in [2.75, 3.05) is 11.1 Å². The van der Waals surface area contributed by atoms with E-state index in [1.54, 1.807) is 11.8 Å². The molecule has 0 bridgehead atoms. The number of hydrogen-bond donors (Lipinski definition) is 1. The molecule has 1 heterocycles. The third kappa shape index (κ3) is 2.50. The fourth-order valence-corrected chi connectivity index (χ4v) is 3.94. The summed E-state index contributed by atoms with van der Waals surface area (Å²) in [5, 5.41) is 3.03. The Morgan fingerprint density at radius 1 is 1.25 bits per heavy atom. The summed E-state index contributed by atoms with van der Waals surface area (Å²) in [6, 6.07) is 14.0. The normalized spacial score (nSPS) is 16.8. The number of hydrogen-bond acceptors (Lipinski definition) is 2. The number of carbonyl (C=O) groups excluding carboxylic acids is 1. The van der Waals surface area contributed by atoms with Gasteiger partial charge < -0.3 is 5.32 Å². The van der Waals surface area contributed by atoms with Crippen LogP contribution in [0.25, 0.3) is 0 Å². The van der Waals surface area contributed by atoms with Gasteiger partial charge in [0.05, 0.1) is 11.6 Å². The first-order chi connectivity index (χ1) is 9.66. The fraction of sp³-hybridized carbons (Fsp3) is 0.188. The molecule has 0 saturated carbocycles. The number of anilines is 1. The average Bonchev–Trinajstić information content (AvgIpc) is 2.88. The van der Waals surface area contributed by atoms with E-state index in [4.69, 9.17) is 0 Å². The lowest BCUT2D eigenvalue weighted by atomic mass is 10.0. The molecule has 0 spiro atoms. The van der Waals surface area contributed by atoms with Crippen molar-refractivity contribution in [3.05, 3.63) is 58.1 Å². The Morgan fingerprint density at radius 3 is 2.90 bits per heavy atom. The molecule has 1 atom stereocenters. The summed E-state index contributed by atoms with van der Waals surface area (Å²) >= 11 is 5.28. The molecule has 0 aliphatic carbocycles. The summed E-state index contributed by atoms with van der Waals surface area (Å²) in [7, 11) is 0. The second kappa shape index (κ2) is 5.62. The first-order valence-corrected chi connectivity index (χ1v) is 8.22. The van der Waals surface area contributed by atoms with E-state index in [1.807, 2.05) is 43.3 Å². The smallest absolute Gasteiger partial charge is 0.232 e. The van der Waals surface area contributed by atoms with Crippen LogP contribution in [0.3, 0.4) is 0 Å². The van der Waals surface area contributed by atoms with Crippen molar-refractivity contribution in [2.24, 2.45) is 0 Å². The zero-order chi connectivity index (χ0) is 14.1. The molecular weight excluding hydrogens is 334 g/mol. The number of aryl methyl sites for hydroxylation is 1. The predicted octanol–water partition coefficient (Wildman–Crippen LogP) is 4.59. The van der Waals surface area contributed by atoms with Gasteiger partial charge in [-0.05, 0) is 46.1 Å². The van der Waals surface area contributed by atoms with E-state index in [2.05, 4.69) is 27.3 Å². The first kappa shape index (κ1) is 13.7. The summed E-state index contributed by atoms with van der Waals surface area (Å²) in [5.74, 6) is 0.812. The average molecular weight is 348 g/mol. The van der Waals surface area contributed by atoms with Gasteiger partial charge in [0.15, 0.2) is 0 Å². The summed E-state index contributed by atoms with van der Waals surface area (Å²) in [6.45, 7) is 2.01. The van der Waals surface area contributed by atoms with E-state index in [0.29, 0.717) is 0 Å². The molecule has 1 N–H and O–H groups in total. The molecule has 2 nitrogen and oxygen atoms in total. The van der Waals surface area contributed by atoms with Gasteiger partial charge in [0.2, 0.25) is 5.91 Å². The van der Waals surface area contributed by atoms with Gasteiger partial charge in [0.1, 0.15) is 0 Å². The lowest BCUT2D eigenvalue weighted by molar-refractivity contribution is -0.117. The molecule has 102 valence electrons. The highest BCUT2D eigenvalue weighted by Gasteiger charge is 2.29. The molecule has 0 fully saturated rings. The zero-order valence-corrected chi connectivity index (χ0v) is 13.4. The van der Waals surface area contributed by atoms with Gasteiger partial charge >= 0.3 is 0 Å². The van der Waals surface area contributed by atoms with E-state index in [9.17, 15) is 4.79 Å². The number of halogens is 1. The highest BCUT2D eigenvalue weighted by atomic mass is 79.9. The molecule has 4 heteroatoms. The maximum absolute atomic E-state index is 12.5. The largest absolute Gasteiger partial charge is 0.324 e. The molecule has 1 aliphatic heterocycles. The van der Waals surface area contributed by atoms with Crippen molar-refractivity contribution in [1.82, 2.24) is 0 Å². The molecule has 20 heavy (non-hydrogen) atoms. The minimum atomic E-state index is -0.0661. The Morgan fingerprint density at radius 2 is 2.05 bits per heavy atom. The van der Waals surface area contributed by atoms with Crippen LogP contribution in [0.5, 0.6) is 0 Å². The number of thioether (sulfide) groups is 1. The van der Waals surface area contributed by atoms with E-state index < -0.39 is 0 Å². The van der Waals surface area contributed by atoms with E-state index in [0.717, 1.165) is 27.0 Å². The molecule has 0 aromatic heterocycles.